The highest BCUT2D eigenvalue weighted by atomic mass is 32.2. The van der Waals surface area contributed by atoms with Gasteiger partial charge in [0.05, 0.1) is 18.1 Å². The van der Waals surface area contributed by atoms with Crippen LogP contribution in [-0.2, 0) is 14.6 Å². The zero-order valence-corrected chi connectivity index (χ0v) is 16.9. The number of hydrogen-bond donors (Lipinski definition) is 0. The fraction of sp³-hybridized carbons (Fsp3) is 0.600. The molecule has 1 atom stereocenters. The van der Waals surface area contributed by atoms with Crippen molar-refractivity contribution in [3.05, 3.63) is 23.8 Å². The summed E-state index contributed by atoms with van der Waals surface area (Å²) in [5, 5.41) is 0. The van der Waals surface area contributed by atoms with Gasteiger partial charge in [-0.05, 0) is 44.4 Å². The minimum atomic E-state index is -3.08. The summed E-state index contributed by atoms with van der Waals surface area (Å²) in [6, 6.07) is 4.61. The van der Waals surface area contributed by atoms with E-state index in [0.717, 1.165) is 32.0 Å². The van der Waals surface area contributed by atoms with Gasteiger partial charge in [-0.2, -0.15) is 0 Å². The smallest absolute Gasteiger partial charge is 0.261 e. The van der Waals surface area contributed by atoms with Crippen molar-refractivity contribution in [2.75, 3.05) is 24.7 Å². The Bertz CT molecular complexity index is 816. The molecule has 1 aliphatic carbocycles. The summed E-state index contributed by atoms with van der Waals surface area (Å²) in [5.74, 6) is 0.780. The number of hydrogen-bond acceptors (Lipinski definition) is 6. The molecule has 1 amide bonds. The highest BCUT2D eigenvalue weighted by molar-refractivity contribution is 7.91. The van der Waals surface area contributed by atoms with Crippen molar-refractivity contribution in [3.8, 4) is 11.5 Å². The van der Waals surface area contributed by atoms with E-state index in [1.165, 1.54) is 0 Å². The fourth-order valence-corrected chi connectivity index (χ4v) is 5.79. The summed E-state index contributed by atoms with van der Waals surface area (Å²) in [4.78, 5) is 25.7. The number of rotatable bonds is 8. The van der Waals surface area contributed by atoms with Crippen LogP contribution in [0.4, 0.5) is 0 Å². The lowest BCUT2D eigenvalue weighted by Gasteiger charge is -2.34. The largest absolute Gasteiger partial charge is 0.490 e. The third kappa shape index (κ3) is 4.84. The zero-order chi connectivity index (χ0) is 20.1. The van der Waals surface area contributed by atoms with Gasteiger partial charge in [0, 0.05) is 17.6 Å². The van der Waals surface area contributed by atoms with Crippen LogP contribution in [0.5, 0.6) is 11.5 Å². The van der Waals surface area contributed by atoms with Gasteiger partial charge in [-0.3, -0.25) is 9.59 Å². The number of amides is 1. The van der Waals surface area contributed by atoms with E-state index in [0.29, 0.717) is 30.1 Å². The molecule has 154 valence electrons. The van der Waals surface area contributed by atoms with Crippen LogP contribution in [0.3, 0.4) is 0 Å². The van der Waals surface area contributed by atoms with E-state index in [-0.39, 0.29) is 36.1 Å². The molecular weight excluding hydrogens is 382 g/mol. The molecule has 0 unspecified atom stereocenters. The summed E-state index contributed by atoms with van der Waals surface area (Å²) in [7, 11) is -3.08. The molecule has 1 saturated carbocycles. The van der Waals surface area contributed by atoms with Crippen molar-refractivity contribution in [1.29, 1.82) is 0 Å². The number of carbonyl (C=O) groups excluding carboxylic acids is 2. The first-order valence-electron chi connectivity index (χ1n) is 9.80. The maximum absolute atomic E-state index is 13.0. The van der Waals surface area contributed by atoms with E-state index in [4.69, 9.17) is 9.47 Å². The van der Waals surface area contributed by atoms with E-state index in [1.807, 2.05) is 6.92 Å². The molecule has 0 aromatic heterocycles. The van der Waals surface area contributed by atoms with Gasteiger partial charge in [-0.15, -0.1) is 0 Å². The molecule has 2 aliphatic rings. The van der Waals surface area contributed by atoms with Crippen LogP contribution in [0.2, 0.25) is 0 Å². The topological polar surface area (TPSA) is 90.0 Å². The second kappa shape index (κ2) is 8.94. The number of benzene rings is 1. The van der Waals surface area contributed by atoms with E-state index < -0.39 is 9.84 Å². The van der Waals surface area contributed by atoms with Crippen LogP contribution < -0.4 is 9.47 Å². The third-order valence-electron chi connectivity index (χ3n) is 5.36. The summed E-state index contributed by atoms with van der Waals surface area (Å²) < 4.78 is 35.1. The minimum Gasteiger partial charge on any atom is -0.490 e. The van der Waals surface area contributed by atoms with Crippen LogP contribution in [0, 0.1) is 0 Å². The lowest BCUT2D eigenvalue weighted by molar-refractivity contribution is -0.137. The molecule has 2 fully saturated rings. The Kier molecular flexibility index (Phi) is 6.59. The summed E-state index contributed by atoms with van der Waals surface area (Å²) in [5.41, 5.74) is 0.464. The summed E-state index contributed by atoms with van der Waals surface area (Å²) >= 11 is 0. The lowest BCUT2D eigenvalue weighted by Crippen LogP contribution is -2.48. The molecule has 1 heterocycles. The Labute approximate surface area is 165 Å². The summed E-state index contributed by atoms with van der Waals surface area (Å²) in [6.07, 6.45) is 5.12. The quantitative estimate of drug-likeness (QED) is 0.612. The average Bonchev–Trinajstić information content (AvgIpc) is 3.31. The van der Waals surface area contributed by atoms with Gasteiger partial charge in [-0.25, -0.2) is 8.42 Å². The van der Waals surface area contributed by atoms with Gasteiger partial charge in [0.25, 0.3) is 5.91 Å². The van der Waals surface area contributed by atoms with Crippen LogP contribution in [-0.4, -0.2) is 62.3 Å². The van der Waals surface area contributed by atoms with Crippen molar-refractivity contribution in [2.24, 2.45) is 0 Å². The molecule has 3 rings (SSSR count). The normalized spacial score (nSPS) is 21.4. The highest BCUT2D eigenvalue weighted by Gasteiger charge is 2.39. The second-order valence-corrected chi connectivity index (χ2v) is 9.57. The standard InChI is InChI=1S/C20H27NO6S/c1-2-26-19-11-15(12-22)7-8-18(19)27-13-20(23)21(16-5-3-4-6-16)17-9-10-28(24,25)14-17/h7-8,11-12,16-17H,2-6,9-10,13-14H2,1H3/t17-/m0/s1. The summed E-state index contributed by atoms with van der Waals surface area (Å²) in [6.45, 7) is 2.04. The van der Waals surface area contributed by atoms with Crippen molar-refractivity contribution < 1.29 is 27.5 Å². The lowest BCUT2D eigenvalue weighted by atomic mass is 10.1. The highest BCUT2D eigenvalue weighted by Crippen LogP contribution is 2.31. The monoisotopic (exact) mass is 409 g/mol. The van der Waals surface area contributed by atoms with Crippen LogP contribution in [0.1, 0.15) is 49.4 Å². The molecular formula is C20H27NO6S. The van der Waals surface area contributed by atoms with Gasteiger partial charge in [0.15, 0.2) is 27.9 Å². The Balaban J connectivity index is 1.73. The molecule has 1 saturated heterocycles. The first-order valence-corrected chi connectivity index (χ1v) is 11.6. The van der Waals surface area contributed by atoms with Crippen LogP contribution in [0.15, 0.2) is 18.2 Å². The second-order valence-electron chi connectivity index (χ2n) is 7.34. The maximum Gasteiger partial charge on any atom is 0.261 e. The van der Waals surface area contributed by atoms with Gasteiger partial charge in [0.1, 0.15) is 6.29 Å². The molecule has 1 aliphatic heterocycles. The number of sulfone groups is 1. The number of aldehydes is 1. The van der Waals surface area contributed by atoms with E-state index in [9.17, 15) is 18.0 Å². The Morgan fingerprint density at radius 3 is 2.50 bits per heavy atom. The maximum atomic E-state index is 13.0. The third-order valence-corrected chi connectivity index (χ3v) is 7.11. The molecule has 0 N–H and O–H groups in total. The molecule has 0 radical (unpaired) electrons. The predicted molar refractivity (Wildman–Crippen MR) is 105 cm³/mol. The van der Waals surface area contributed by atoms with E-state index >= 15 is 0 Å². The SMILES string of the molecule is CCOc1cc(C=O)ccc1OCC(=O)N(C1CCCC1)[C@H]1CCS(=O)(=O)C1. The van der Waals surface area contributed by atoms with Gasteiger partial charge in [0.2, 0.25) is 0 Å². The zero-order valence-electron chi connectivity index (χ0n) is 16.1. The van der Waals surface area contributed by atoms with E-state index in [1.54, 1.807) is 23.1 Å². The van der Waals surface area contributed by atoms with Crippen molar-refractivity contribution >= 4 is 22.0 Å². The van der Waals surface area contributed by atoms with Gasteiger partial charge >= 0.3 is 0 Å². The minimum absolute atomic E-state index is 0.0352. The van der Waals surface area contributed by atoms with Crippen LogP contribution >= 0.6 is 0 Å². The first-order chi connectivity index (χ1) is 13.4. The average molecular weight is 410 g/mol. The number of carbonyl (C=O) groups is 2. The van der Waals surface area contributed by atoms with Crippen molar-refractivity contribution in [1.82, 2.24) is 4.90 Å². The molecule has 1 aromatic carbocycles. The molecule has 1 aromatic rings. The molecule has 0 spiro atoms. The van der Waals surface area contributed by atoms with Gasteiger partial charge < -0.3 is 14.4 Å². The molecule has 28 heavy (non-hydrogen) atoms. The van der Waals surface area contributed by atoms with Crippen molar-refractivity contribution in [3.63, 3.8) is 0 Å². The number of ether oxygens (including phenoxy) is 2. The number of nitrogens with zero attached hydrogens (tertiary/aromatic N) is 1. The molecule has 8 heteroatoms. The van der Waals surface area contributed by atoms with Crippen LogP contribution in [0.25, 0.3) is 0 Å². The first kappa shape index (κ1) is 20.6. The van der Waals surface area contributed by atoms with Crippen molar-refractivity contribution in [2.45, 2.75) is 51.1 Å². The Morgan fingerprint density at radius 2 is 1.89 bits per heavy atom. The Hall–Kier alpha value is -2.09. The Morgan fingerprint density at radius 1 is 1.14 bits per heavy atom. The molecule has 7 nitrogen and oxygen atoms in total. The molecule has 0 bridgehead atoms. The van der Waals surface area contributed by atoms with Gasteiger partial charge in [-0.1, -0.05) is 12.8 Å². The fourth-order valence-electron chi connectivity index (χ4n) is 4.08. The van der Waals surface area contributed by atoms with E-state index in [2.05, 4.69) is 0 Å². The predicted octanol–water partition coefficient (Wildman–Crippen LogP) is 2.23.